The van der Waals surface area contributed by atoms with Gasteiger partial charge < -0.3 is 13.6 Å². The molecule has 51 heavy (non-hydrogen) atoms. The van der Waals surface area contributed by atoms with Crippen molar-refractivity contribution in [3.63, 3.8) is 0 Å². The van der Waals surface area contributed by atoms with Gasteiger partial charge in [-0.3, -0.25) is 0 Å². The molecular weight excluding hydrogens is 621 g/mol. The second-order valence-corrected chi connectivity index (χ2v) is 11.0. The fraction of sp³-hybridized carbons (Fsp3) is 0. The van der Waals surface area contributed by atoms with Crippen LogP contribution in [0, 0.1) is 0 Å². The van der Waals surface area contributed by atoms with Crippen LogP contribution in [0.1, 0.15) is 41.1 Å². The van der Waals surface area contributed by atoms with E-state index in [1.54, 1.807) is 0 Å². The van der Waals surface area contributed by atoms with Gasteiger partial charge in [0.05, 0.1) is 74.3 Å². The summed E-state index contributed by atoms with van der Waals surface area (Å²) < 4.78 is 278. The Labute approximate surface area is 336 Å². The largest absolute Gasteiger partial charge is 0.456 e. The number of para-hydroxylation sites is 3. The van der Waals surface area contributed by atoms with Gasteiger partial charge in [0.1, 0.15) is 11.2 Å². The minimum Gasteiger partial charge on any atom is -0.456 e. The SMILES string of the molecule is [2H]c1c([2H])c([2H])c(-c2c([2H])c([2H])c([2H])c3oc4c([2H])c([2H])c([2H])c(-n5c6c([2H])c([2H])c([2H])c([2H])c6c6c([2H])c(-c7c([2H])c([2H])c8c(c7[2H])c7c([2H])c([2H])c([2H])c([2H])c7n8-c7c([2H])c([2H])c([2H])c([2H])c7[2H])c([2H])c([2H])c65)c4c23)c([2H])c1[2H]. The summed E-state index contributed by atoms with van der Waals surface area (Å²) in [5.74, 6) is 0. The van der Waals surface area contributed by atoms with Crippen molar-refractivity contribution < 1.29 is 45.5 Å². The van der Waals surface area contributed by atoms with Crippen molar-refractivity contribution in [3.05, 3.63) is 181 Å². The first kappa shape index (κ1) is 11.6. The van der Waals surface area contributed by atoms with Gasteiger partial charge in [0, 0.05) is 32.6 Å². The van der Waals surface area contributed by atoms with Crippen molar-refractivity contribution in [2.45, 2.75) is 0 Å². The lowest BCUT2D eigenvalue weighted by molar-refractivity contribution is 0.669. The molecule has 0 bridgehead atoms. The fourth-order valence-electron chi connectivity index (χ4n) is 6.31. The monoisotopic (exact) mass is 680 g/mol. The minimum absolute atomic E-state index is 0.572. The van der Waals surface area contributed by atoms with Crippen LogP contribution in [0.3, 0.4) is 0 Å². The summed E-state index contributed by atoms with van der Waals surface area (Å²) in [4.78, 5) is 0. The van der Waals surface area contributed by atoms with Gasteiger partial charge in [-0.2, -0.15) is 0 Å². The summed E-state index contributed by atoms with van der Waals surface area (Å²) in [7, 11) is 0. The van der Waals surface area contributed by atoms with Crippen molar-refractivity contribution in [2.75, 3.05) is 0 Å². The van der Waals surface area contributed by atoms with Crippen LogP contribution in [0.5, 0.6) is 0 Å². The van der Waals surface area contributed by atoms with Crippen LogP contribution in [0.4, 0.5) is 0 Å². The van der Waals surface area contributed by atoms with E-state index in [4.69, 9.17) is 31.8 Å². The van der Waals surface area contributed by atoms with Crippen LogP contribution in [0.15, 0.2) is 186 Å². The first-order valence-electron chi connectivity index (χ1n) is 30.0. The van der Waals surface area contributed by atoms with Gasteiger partial charge in [-0.15, -0.1) is 0 Å². The Hall–Kier alpha value is -6.84. The highest BCUT2D eigenvalue weighted by Crippen LogP contribution is 2.43. The number of furan rings is 1. The number of nitrogens with zero attached hydrogens (tertiary/aromatic N) is 2. The molecule has 0 radical (unpaired) electrons. The predicted octanol–water partition coefficient (Wildman–Crippen LogP) is 13.1. The van der Waals surface area contributed by atoms with E-state index >= 15 is 0 Å². The van der Waals surface area contributed by atoms with Gasteiger partial charge in [-0.25, -0.2) is 0 Å². The molecule has 3 heterocycles. The molecule has 3 heteroatoms. The Kier molecular flexibility index (Phi) is 2.47. The van der Waals surface area contributed by atoms with Crippen LogP contribution in [-0.4, -0.2) is 9.13 Å². The smallest absolute Gasteiger partial charge is 0.137 e. The van der Waals surface area contributed by atoms with E-state index in [9.17, 15) is 13.7 Å². The zero-order chi connectivity index (χ0) is 59.6. The second kappa shape index (κ2) is 10.8. The number of hydrogen-bond acceptors (Lipinski definition) is 1. The summed E-state index contributed by atoms with van der Waals surface area (Å²) in [5, 5.41) is -3.68. The summed E-state index contributed by atoms with van der Waals surface area (Å²) >= 11 is 0. The Bertz CT molecular complexity index is 4820. The highest BCUT2D eigenvalue weighted by atomic mass is 16.3. The highest BCUT2D eigenvalue weighted by Gasteiger charge is 2.20. The quantitative estimate of drug-likeness (QED) is 0.181. The second-order valence-electron chi connectivity index (χ2n) is 11.0. The molecule has 3 nitrogen and oxygen atoms in total. The molecule has 0 aliphatic carbocycles. The third kappa shape index (κ3) is 4.12. The summed E-state index contributed by atoms with van der Waals surface area (Å²) in [5.41, 5.74) is -8.68. The lowest BCUT2D eigenvalue weighted by Gasteiger charge is -2.11. The number of aromatic nitrogens is 2. The van der Waals surface area contributed by atoms with Gasteiger partial charge in [0.25, 0.3) is 0 Å². The van der Waals surface area contributed by atoms with Crippen molar-refractivity contribution in [3.8, 4) is 33.6 Å². The lowest BCUT2D eigenvalue weighted by atomic mass is 9.98. The molecule has 0 atom stereocenters. The van der Waals surface area contributed by atoms with E-state index in [0.717, 1.165) is 9.13 Å². The Morgan fingerprint density at radius 2 is 0.902 bits per heavy atom. The average Bonchev–Trinajstić information content (AvgIpc) is 4.15. The van der Waals surface area contributed by atoms with Gasteiger partial charge >= 0.3 is 0 Å². The Balaban J connectivity index is 1.38. The molecule has 0 unspecified atom stereocenters. The number of hydrogen-bond donors (Lipinski definition) is 0. The van der Waals surface area contributed by atoms with Crippen LogP contribution in [0.2, 0.25) is 0 Å². The molecule has 0 saturated heterocycles. The maximum atomic E-state index is 10.00. The molecule has 8 aromatic carbocycles. The lowest BCUT2D eigenvalue weighted by Crippen LogP contribution is -1.95. The fourth-order valence-corrected chi connectivity index (χ4v) is 6.31. The van der Waals surface area contributed by atoms with Crippen molar-refractivity contribution in [1.29, 1.82) is 0 Å². The maximum absolute atomic E-state index is 10.00. The van der Waals surface area contributed by atoms with E-state index in [0.29, 0.717) is 0 Å². The molecule has 3 aromatic heterocycles. The van der Waals surface area contributed by atoms with Crippen molar-refractivity contribution in [1.82, 2.24) is 9.13 Å². The average molecular weight is 681 g/mol. The van der Waals surface area contributed by atoms with Gasteiger partial charge in [-0.1, -0.05) is 115 Å². The first-order valence-corrected chi connectivity index (χ1v) is 15.0. The third-order valence-corrected chi connectivity index (χ3v) is 8.36. The highest BCUT2D eigenvalue weighted by molar-refractivity contribution is 6.18. The molecule has 0 saturated carbocycles. The van der Waals surface area contributed by atoms with Gasteiger partial charge in [-0.05, 0) is 88.7 Å². The van der Waals surface area contributed by atoms with Crippen LogP contribution < -0.4 is 0 Å². The van der Waals surface area contributed by atoms with E-state index in [1.165, 1.54) is 0 Å². The van der Waals surface area contributed by atoms with Crippen LogP contribution >= 0.6 is 0 Å². The molecule has 11 rings (SSSR count). The molecule has 0 amide bonds. The zero-order valence-electron chi connectivity index (χ0n) is 55.3. The maximum Gasteiger partial charge on any atom is 0.137 e. The van der Waals surface area contributed by atoms with E-state index in [2.05, 4.69) is 0 Å². The van der Waals surface area contributed by atoms with E-state index in [-0.39, 0.29) is 0 Å². The molecular formula is C48H30N2O. The van der Waals surface area contributed by atoms with Crippen LogP contribution in [0.25, 0.3) is 99.2 Å². The molecule has 0 spiro atoms. The van der Waals surface area contributed by atoms with Crippen LogP contribution in [-0.2, 0) is 0 Å². The molecule has 0 aliphatic rings. The first-order chi connectivity index (χ1) is 37.8. The zero-order valence-corrected chi connectivity index (χ0v) is 25.3. The number of benzene rings is 8. The molecule has 238 valence electrons. The molecule has 0 N–H and O–H groups in total. The molecule has 11 aromatic rings. The van der Waals surface area contributed by atoms with E-state index < -0.39 is 280 Å². The normalized spacial score (nSPS) is 20.2. The van der Waals surface area contributed by atoms with Crippen molar-refractivity contribution >= 4 is 65.6 Å². The van der Waals surface area contributed by atoms with E-state index in [1.807, 2.05) is 0 Å². The Morgan fingerprint density at radius 3 is 1.59 bits per heavy atom. The minimum atomic E-state index is -1.09. The van der Waals surface area contributed by atoms with Gasteiger partial charge in [0.15, 0.2) is 0 Å². The van der Waals surface area contributed by atoms with Crippen molar-refractivity contribution in [2.24, 2.45) is 0 Å². The summed E-state index contributed by atoms with van der Waals surface area (Å²) in [6.45, 7) is 0. The number of rotatable bonds is 4. The third-order valence-electron chi connectivity index (χ3n) is 8.36. The predicted molar refractivity (Wildman–Crippen MR) is 213 cm³/mol. The molecule has 0 aliphatic heterocycles. The standard InChI is InChI=1S/C48H30N2O/c1-3-13-31(14-4-1)35-19-11-23-45-47(35)48-44(22-12-24-46(48)51-45)50-41-21-10-8-18-37(41)39-30-33(26-28-43(39)50)32-25-27-42-38(29-32)36-17-7-9-20-40(36)49(42)34-15-5-2-6-16-34/h1-30H/i1D,2D,3D,4D,5D,6D,7D,8D,9D,10D,11D,12D,13D,14D,15D,16D,17D,18D,19D,20D,21D,22D,23D,24D,25D,26D,27D,28D,29D,30D. The molecule has 0 fully saturated rings. The summed E-state index contributed by atoms with van der Waals surface area (Å²) in [6.07, 6.45) is 0. The number of fused-ring (bicyclic) bond motifs is 9. The van der Waals surface area contributed by atoms with Gasteiger partial charge in [0.2, 0.25) is 0 Å². The topological polar surface area (TPSA) is 23.0 Å². The Morgan fingerprint density at radius 1 is 0.373 bits per heavy atom. The summed E-state index contributed by atoms with van der Waals surface area (Å²) in [6, 6.07) is -28.1.